The zero-order valence-electron chi connectivity index (χ0n) is 16.5. The number of nitrogens with one attached hydrogen (secondary N) is 1. The normalized spacial score (nSPS) is 13.9. The van der Waals surface area contributed by atoms with Crippen LogP contribution in [-0.2, 0) is 10.0 Å². The van der Waals surface area contributed by atoms with Gasteiger partial charge in [-0.2, -0.15) is 0 Å². The first-order valence-corrected chi connectivity index (χ1v) is 10.9. The molecular weight excluding hydrogens is 376 g/mol. The highest BCUT2D eigenvalue weighted by atomic mass is 32.2. The molecular formula is C21H28N2O4S. The Kier molecular flexibility index (Phi) is 7.74. The lowest BCUT2D eigenvalue weighted by atomic mass is 9.96. The number of hydrogen-bond acceptors (Lipinski definition) is 4. The van der Waals surface area contributed by atoms with E-state index in [-0.39, 0.29) is 16.4 Å². The second-order valence-electron chi connectivity index (χ2n) is 6.87. The van der Waals surface area contributed by atoms with E-state index in [9.17, 15) is 18.4 Å². The highest BCUT2D eigenvalue weighted by molar-refractivity contribution is 7.89. The SMILES string of the molecule is CCCC(C)C(CC)N(O)S(=O)(=O)c1cccc(C(=O)Nc2ccccc2)c1. The summed E-state index contributed by atoms with van der Waals surface area (Å²) in [6.07, 6.45) is 2.20. The van der Waals surface area contributed by atoms with E-state index in [4.69, 9.17) is 0 Å². The van der Waals surface area contributed by atoms with E-state index < -0.39 is 22.0 Å². The van der Waals surface area contributed by atoms with Gasteiger partial charge < -0.3 is 5.32 Å². The van der Waals surface area contributed by atoms with Crippen molar-refractivity contribution in [2.24, 2.45) is 5.92 Å². The topological polar surface area (TPSA) is 86.7 Å². The molecule has 7 heteroatoms. The third kappa shape index (κ3) is 5.19. The highest BCUT2D eigenvalue weighted by Gasteiger charge is 2.32. The Hall–Kier alpha value is -2.22. The Morgan fingerprint density at radius 1 is 1.11 bits per heavy atom. The number of benzene rings is 2. The molecule has 1 amide bonds. The van der Waals surface area contributed by atoms with Gasteiger partial charge in [0.15, 0.2) is 0 Å². The Labute approximate surface area is 167 Å². The minimum atomic E-state index is -4.13. The zero-order chi connectivity index (χ0) is 20.7. The molecule has 0 aromatic heterocycles. The second-order valence-corrected chi connectivity index (χ2v) is 8.66. The highest BCUT2D eigenvalue weighted by Crippen LogP contribution is 2.25. The number of sulfonamides is 1. The zero-order valence-corrected chi connectivity index (χ0v) is 17.3. The predicted molar refractivity (Wildman–Crippen MR) is 110 cm³/mol. The summed E-state index contributed by atoms with van der Waals surface area (Å²) in [7, 11) is -4.13. The lowest BCUT2D eigenvalue weighted by molar-refractivity contribution is -0.0551. The number of para-hydroxylation sites is 1. The molecule has 152 valence electrons. The van der Waals surface area contributed by atoms with E-state index in [0.29, 0.717) is 16.6 Å². The van der Waals surface area contributed by atoms with Crippen LogP contribution in [0.3, 0.4) is 0 Å². The van der Waals surface area contributed by atoms with Gasteiger partial charge in [0.05, 0.1) is 10.9 Å². The molecule has 2 N–H and O–H groups in total. The Morgan fingerprint density at radius 3 is 2.39 bits per heavy atom. The molecule has 2 unspecified atom stereocenters. The van der Waals surface area contributed by atoms with E-state index in [1.54, 1.807) is 24.3 Å². The molecule has 2 rings (SSSR count). The van der Waals surface area contributed by atoms with Gasteiger partial charge in [0.2, 0.25) is 0 Å². The summed E-state index contributed by atoms with van der Waals surface area (Å²) in [5, 5.41) is 13.2. The van der Waals surface area contributed by atoms with Crippen LogP contribution in [0, 0.1) is 5.92 Å². The molecule has 6 nitrogen and oxygen atoms in total. The molecule has 0 fully saturated rings. The lowest BCUT2D eigenvalue weighted by Gasteiger charge is -2.29. The van der Waals surface area contributed by atoms with Crippen molar-refractivity contribution in [3.63, 3.8) is 0 Å². The van der Waals surface area contributed by atoms with Gasteiger partial charge in [-0.15, -0.1) is 0 Å². The molecule has 0 aliphatic heterocycles. The minimum Gasteiger partial charge on any atom is -0.322 e. The molecule has 0 saturated heterocycles. The smallest absolute Gasteiger partial charge is 0.265 e. The van der Waals surface area contributed by atoms with Crippen LogP contribution in [0.25, 0.3) is 0 Å². The van der Waals surface area contributed by atoms with Gasteiger partial charge in [-0.3, -0.25) is 10.0 Å². The van der Waals surface area contributed by atoms with Crippen LogP contribution < -0.4 is 5.32 Å². The first kappa shape index (κ1) is 22.1. The standard InChI is InChI=1S/C21H28N2O4S/c1-4-10-16(3)20(5-2)23(25)28(26,27)19-14-9-11-17(15-19)21(24)22-18-12-7-6-8-13-18/h6-9,11-16,20,25H,4-5,10H2,1-3H3,(H,22,24). The van der Waals surface area contributed by atoms with Gasteiger partial charge in [0, 0.05) is 11.3 Å². The summed E-state index contributed by atoms with van der Waals surface area (Å²) < 4.78 is 26.3. The number of hydrogen-bond donors (Lipinski definition) is 2. The predicted octanol–water partition coefficient (Wildman–Crippen LogP) is 4.53. The molecule has 0 heterocycles. The van der Waals surface area contributed by atoms with E-state index >= 15 is 0 Å². The van der Waals surface area contributed by atoms with Crippen LogP contribution in [0.4, 0.5) is 5.69 Å². The molecule has 28 heavy (non-hydrogen) atoms. The van der Waals surface area contributed by atoms with Crippen molar-refractivity contribution in [1.29, 1.82) is 0 Å². The van der Waals surface area contributed by atoms with Gasteiger partial charge in [-0.25, -0.2) is 8.42 Å². The molecule has 0 aliphatic carbocycles. The molecule has 2 aromatic rings. The van der Waals surface area contributed by atoms with Crippen molar-refractivity contribution in [1.82, 2.24) is 4.47 Å². The van der Waals surface area contributed by atoms with Crippen molar-refractivity contribution in [2.75, 3.05) is 5.32 Å². The average molecular weight is 405 g/mol. The molecule has 0 aliphatic rings. The quantitative estimate of drug-likeness (QED) is 0.601. The van der Waals surface area contributed by atoms with Crippen molar-refractivity contribution in [2.45, 2.75) is 51.0 Å². The molecule has 0 spiro atoms. The third-order valence-electron chi connectivity index (χ3n) is 4.77. The second kappa shape index (κ2) is 9.82. The van der Waals surface area contributed by atoms with Gasteiger partial charge >= 0.3 is 0 Å². The van der Waals surface area contributed by atoms with E-state index in [1.807, 2.05) is 26.8 Å². The van der Waals surface area contributed by atoms with Crippen molar-refractivity contribution >= 4 is 21.6 Å². The summed E-state index contributed by atoms with van der Waals surface area (Å²) in [6.45, 7) is 5.80. The monoisotopic (exact) mass is 404 g/mol. The maximum atomic E-state index is 12.9. The van der Waals surface area contributed by atoms with E-state index in [2.05, 4.69) is 5.32 Å². The van der Waals surface area contributed by atoms with Crippen LogP contribution in [0.2, 0.25) is 0 Å². The summed E-state index contributed by atoms with van der Waals surface area (Å²) in [5.41, 5.74) is 0.817. The summed E-state index contributed by atoms with van der Waals surface area (Å²) in [5.74, 6) is -0.404. The summed E-state index contributed by atoms with van der Waals surface area (Å²) in [6, 6.07) is 14.1. The van der Waals surface area contributed by atoms with Crippen molar-refractivity contribution in [3.8, 4) is 0 Å². The molecule has 0 bridgehead atoms. The molecule has 2 aromatic carbocycles. The lowest BCUT2D eigenvalue weighted by Crippen LogP contribution is -2.41. The number of nitrogens with zero attached hydrogens (tertiary/aromatic N) is 1. The van der Waals surface area contributed by atoms with Crippen LogP contribution in [0.15, 0.2) is 59.5 Å². The fourth-order valence-corrected chi connectivity index (χ4v) is 4.69. The van der Waals surface area contributed by atoms with Crippen molar-refractivity contribution in [3.05, 3.63) is 60.2 Å². The molecule has 0 saturated carbocycles. The van der Waals surface area contributed by atoms with Crippen LogP contribution in [0.5, 0.6) is 0 Å². The number of carbonyl (C=O) groups excluding carboxylic acids is 1. The van der Waals surface area contributed by atoms with Crippen molar-refractivity contribution < 1.29 is 18.4 Å². The number of amides is 1. The number of hydroxylamine groups is 1. The van der Waals surface area contributed by atoms with E-state index in [0.717, 1.165) is 12.8 Å². The first-order valence-electron chi connectivity index (χ1n) is 9.51. The third-order valence-corrected chi connectivity index (χ3v) is 6.39. The largest absolute Gasteiger partial charge is 0.322 e. The maximum Gasteiger partial charge on any atom is 0.265 e. The fraction of sp³-hybridized carbons (Fsp3) is 0.381. The average Bonchev–Trinajstić information content (AvgIpc) is 2.69. The number of rotatable bonds is 9. The van der Waals surface area contributed by atoms with E-state index in [1.165, 1.54) is 24.3 Å². The fourth-order valence-electron chi connectivity index (χ4n) is 3.23. The Balaban J connectivity index is 2.26. The van der Waals surface area contributed by atoms with Crippen LogP contribution in [-0.4, -0.2) is 30.0 Å². The minimum absolute atomic E-state index is 0.0133. The number of anilines is 1. The van der Waals surface area contributed by atoms with Gasteiger partial charge in [0.1, 0.15) is 0 Å². The summed E-state index contributed by atoms with van der Waals surface area (Å²) in [4.78, 5) is 12.4. The molecule has 2 atom stereocenters. The Morgan fingerprint density at radius 2 is 1.79 bits per heavy atom. The molecule has 0 radical (unpaired) electrons. The first-order chi connectivity index (χ1) is 13.3. The van der Waals surface area contributed by atoms with Gasteiger partial charge in [-0.05, 0) is 49.1 Å². The summed E-state index contributed by atoms with van der Waals surface area (Å²) >= 11 is 0. The van der Waals surface area contributed by atoms with Gasteiger partial charge in [-0.1, -0.05) is 55.9 Å². The van der Waals surface area contributed by atoms with Crippen LogP contribution in [0.1, 0.15) is 50.4 Å². The Bertz CT molecular complexity index is 884. The maximum absolute atomic E-state index is 12.9. The van der Waals surface area contributed by atoms with Crippen LogP contribution >= 0.6 is 0 Å². The van der Waals surface area contributed by atoms with Gasteiger partial charge in [0.25, 0.3) is 15.9 Å². The number of carbonyl (C=O) groups is 1.